The minimum Gasteiger partial charge on any atom is -0.374 e. The average Bonchev–Trinajstić information content (AvgIpc) is 2.37. The molecule has 0 aromatic carbocycles. The lowest BCUT2D eigenvalue weighted by Gasteiger charge is -2.33. The first-order valence-corrected chi connectivity index (χ1v) is 9.13. The zero-order valence-corrected chi connectivity index (χ0v) is 14.2. The van der Waals surface area contributed by atoms with Crippen LogP contribution in [0, 0.1) is 0 Å². The van der Waals surface area contributed by atoms with Crippen LogP contribution in [0.1, 0.15) is 47.5 Å². The third-order valence-corrected chi connectivity index (χ3v) is 6.41. The van der Waals surface area contributed by atoms with Gasteiger partial charge in [0.2, 0.25) is 0 Å². The van der Waals surface area contributed by atoms with Crippen molar-refractivity contribution in [3.05, 3.63) is 11.6 Å². The van der Waals surface area contributed by atoms with Gasteiger partial charge in [0.25, 0.3) is 0 Å². The van der Waals surface area contributed by atoms with Crippen LogP contribution in [0.15, 0.2) is 11.6 Å². The molecule has 0 spiro atoms. The van der Waals surface area contributed by atoms with Crippen molar-refractivity contribution in [1.29, 1.82) is 0 Å². The fourth-order valence-corrected chi connectivity index (χ4v) is 5.06. The fraction of sp³-hybridized carbons (Fsp3) is 0.857. The quantitative estimate of drug-likeness (QED) is 0.469. The highest BCUT2D eigenvalue weighted by Gasteiger charge is 2.46. The smallest absolute Gasteiger partial charge is 0.374 e. The van der Waals surface area contributed by atoms with Gasteiger partial charge in [-0.1, -0.05) is 18.6 Å². The van der Waals surface area contributed by atoms with Crippen LogP contribution in [0.4, 0.5) is 0 Å². The van der Waals surface area contributed by atoms with Crippen molar-refractivity contribution in [3.8, 4) is 0 Å². The third kappa shape index (κ3) is 6.67. The molecule has 0 aliphatic rings. The van der Waals surface area contributed by atoms with Gasteiger partial charge in [-0.2, -0.15) is 0 Å². The first kappa shape index (κ1) is 18.8. The lowest BCUT2D eigenvalue weighted by Crippen LogP contribution is -2.49. The summed E-state index contributed by atoms with van der Waals surface area (Å²) >= 11 is 0. The Morgan fingerprint density at radius 3 is 1.95 bits per heavy atom. The van der Waals surface area contributed by atoms with Crippen molar-refractivity contribution >= 4 is 8.80 Å². The lowest BCUT2D eigenvalue weighted by atomic mass is 10.1. The van der Waals surface area contributed by atoms with Crippen LogP contribution in [0.25, 0.3) is 0 Å². The first-order chi connectivity index (χ1) is 9.06. The van der Waals surface area contributed by atoms with Gasteiger partial charge >= 0.3 is 8.80 Å². The molecule has 0 aromatic rings. The SMILES string of the molecule is CCO[Si](OCC)(OCC)C(C)CC(C)=CCCN. The maximum absolute atomic E-state index is 5.92. The third-order valence-electron chi connectivity index (χ3n) is 2.93. The number of hydrogen-bond acceptors (Lipinski definition) is 4. The molecule has 0 radical (unpaired) electrons. The second kappa shape index (κ2) is 10.6. The minimum atomic E-state index is -2.57. The van der Waals surface area contributed by atoms with E-state index >= 15 is 0 Å². The molecule has 0 fully saturated rings. The van der Waals surface area contributed by atoms with Gasteiger partial charge in [0.05, 0.1) is 0 Å². The van der Waals surface area contributed by atoms with E-state index < -0.39 is 8.80 Å². The van der Waals surface area contributed by atoms with Gasteiger partial charge in [0.15, 0.2) is 0 Å². The summed E-state index contributed by atoms with van der Waals surface area (Å²) in [6.07, 6.45) is 4.05. The minimum absolute atomic E-state index is 0.265. The molecule has 0 aliphatic heterocycles. The number of hydrogen-bond donors (Lipinski definition) is 1. The number of nitrogens with two attached hydrogens (primary N) is 1. The second-order valence-electron chi connectivity index (χ2n) is 4.64. The van der Waals surface area contributed by atoms with E-state index in [1.807, 2.05) is 20.8 Å². The highest BCUT2D eigenvalue weighted by molar-refractivity contribution is 6.62. The molecule has 2 N–H and O–H groups in total. The van der Waals surface area contributed by atoms with Crippen LogP contribution >= 0.6 is 0 Å². The van der Waals surface area contributed by atoms with Crippen molar-refractivity contribution in [2.24, 2.45) is 5.73 Å². The Labute approximate surface area is 119 Å². The van der Waals surface area contributed by atoms with E-state index in [9.17, 15) is 0 Å². The molecule has 0 bridgehead atoms. The maximum atomic E-state index is 5.92. The number of allylic oxidation sites excluding steroid dienone is 1. The molecule has 0 aromatic heterocycles. The van der Waals surface area contributed by atoms with E-state index in [0.29, 0.717) is 26.4 Å². The molecule has 1 unspecified atom stereocenters. The van der Waals surface area contributed by atoms with Crippen LogP contribution in [0.2, 0.25) is 5.54 Å². The summed E-state index contributed by atoms with van der Waals surface area (Å²) in [5.74, 6) is 0. The topological polar surface area (TPSA) is 53.7 Å². The summed E-state index contributed by atoms with van der Waals surface area (Å²) < 4.78 is 17.8. The monoisotopic (exact) mass is 289 g/mol. The van der Waals surface area contributed by atoms with Crippen molar-refractivity contribution in [2.75, 3.05) is 26.4 Å². The molecule has 114 valence electrons. The Morgan fingerprint density at radius 2 is 1.58 bits per heavy atom. The Hall–Kier alpha value is -0.203. The molecule has 0 heterocycles. The van der Waals surface area contributed by atoms with E-state index in [4.69, 9.17) is 19.0 Å². The van der Waals surface area contributed by atoms with Crippen molar-refractivity contribution in [1.82, 2.24) is 0 Å². The largest absolute Gasteiger partial charge is 0.504 e. The molecule has 1 atom stereocenters. The van der Waals surface area contributed by atoms with E-state index in [-0.39, 0.29) is 5.54 Å². The molecular weight excluding hydrogens is 258 g/mol. The Morgan fingerprint density at radius 1 is 1.11 bits per heavy atom. The molecule has 0 saturated heterocycles. The molecule has 19 heavy (non-hydrogen) atoms. The van der Waals surface area contributed by atoms with Crippen molar-refractivity contribution < 1.29 is 13.3 Å². The molecule has 0 amide bonds. The summed E-state index contributed by atoms with van der Waals surface area (Å²) in [7, 11) is -2.57. The highest BCUT2D eigenvalue weighted by Crippen LogP contribution is 2.31. The predicted molar refractivity (Wildman–Crippen MR) is 82.1 cm³/mol. The van der Waals surface area contributed by atoms with Gasteiger partial charge < -0.3 is 19.0 Å². The van der Waals surface area contributed by atoms with Crippen LogP contribution in [-0.2, 0) is 13.3 Å². The van der Waals surface area contributed by atoms with Crippen LogP contribution in [0.3, 0.4) is 0 Å². The summed E-state index contributed by atoms with van der Waals surface area (Å²) in [5.41, 5.74) is 7.12. The van der Waals surface area contributed by atoms with Crippen molar-refractivity contribution in [2.45, 2.75) is 53.0 Å². The average molecular weight is 289 g/mol. The van der Waals surface area contributed by atoms with E-state index in [0.717, 1.165) is 12.8 Å². The Balaban J connectivity index is 4.81. The van der Waals surface area contributed by atoms with Crippen LogP contribution < -0.4 is 5.73 Å². The normalized spacial score (nSPS) is 14.7. The molecule has 0 saturated carbocycles. The molecule has 4 nitrogen and oxygen atoms in total. The molecular formula is C14H31NO3Si. The second-order valence-corrected chi connectivity index (χ2v) is 7.69. The molecule has 0 aliphatic carbocycles. The van der Waals surface area contributed by atoms with Gasteiger partial charge in [-0.3, -0.25) is 0 Å². The fourth-order valence-electron chi connectivity index (χ4n) is 2.18. The van der Waals surface area contributed by atoms with Crippen molar-refractivity contribution in [3.63, 3.8) is 0 Å². The first-order valence-electron chi connectivity index (χ1n) is 7.33. The molecule has 0 rings (SSSR count). The standard InChI is InChI=1S/C14H31NO3Si/c1-6-16-19(17-7-2,18-8-3)14(5)12-13(4)10-9-11-15/h10,14H,6-9,11-12,15H2,1-5H3. The highest BCUT2D eigenvalue weighted by atomic mass is 28.4. The Kier molecular flexibility index (Phi) is 10.5. The van der Waals surface area contributed by atoms with Gasteiger partial charge in [-0.05, 0) is 47.1 Å². The zero-order valence-electron chi connectivity index (χ0n) is 13.2. The zero-order chi connectivity index (χ0) is 14.7. The van der Waals surface area contributed by atoms with Gasteiger partial charge in [0.1, 0.15) is 0 Å². The van der Waals surface area contributed by atoms with E-state index in [2.05, 4.69) is 19.9 Å². The lowest BCUT2D eigenvalue weighted by molar-refractivity contribution is 0.0624. The van der Waals surface area contributed by atoms with E-state index in [1.54, 1.807) is 0 Å². The maximum Gasteiger partial charge on any atom is 0.504 e. The summed E-state index contributed by atoms with van der Waals surface area (Å²) in [6, 6.07) is 0. The predicted octanol–water partition coefficient (Wildman–Crippen LogP) is 3.11. The van der Waals surface area contributed by atoms with Crippen LogP contribution in [-0.4, -0.2) is 35.2 Å². The molecule has 5 heteroatoms. The number of rotatable bonds is 11. The summed E-state index contributed by atoms with van der Waals surface area (Å²) in [6.45, 7) is 12.8. The van der Waals surface area contributed by atoms with Gasteiger partial charge in [-0.25, -0.2) is 0 Å². The summed E-state index contributed by atoms with van der Waals surface area (Å²) in [4.78, 5) is 0. The van der Waals surface area contributed by atoms with Gasteiger partial charge in [0, 0.05) is 25.4 Å². The van der Waals surface area contributed by atoms with E-state index in [1.165, 1.54) is 5.57 Å². The van der Waals surface area contributed by atoms with Gasteiger partial charge in [-0.15, -0.1) is 0 Å². The Bertz CT molecular complexity index is 242. The summed E-state index contributed by atoms with van der Waals surface area (Å²) in [5, 5.41) is 0. The van der Waals surface area contributed by atoms with Crippen LogP contribution in [0.5, 0.6) is 0 Å².